The molecule has 1 atom stereocenters. The van der Waals surface area contributed by atoms with Crippen LogP contribution in [0.2, 0.25) is 0 Å². The van der Waals surface area contributed by atoms with Crippen LogP contribution < -0.4 is 10.1 Å². The van der Waals surface area contributed by atoms with Gasteiger partial charge in [0.25, 0.3) is 5.91 Å². The highest BCUT2D eigenvalue weighted by molar-refractivity contribution is 9.10. The van der Waals surface area contributed by atoms with E-state index < -0.39 is 12.1 Å². The van der Waals surface area contributed by atoms with E-state index in [9.17, 15) is 9.59 Å². The minimum atomic E-state index is -1.48. The van der Waals surface area contributed by atoms with Crippen molar-refractivity contribution in [1.29, 1.82) is 0 Å². The Morgan fingerprint density at radius 1 is 1.47 bits per heavy atom. The third-order valence-corrected chi connectivity index (χ3v) is 2.89. The fourth-order valence-electron chi connectivity index (χ4n) is 1.39. The molecule has 19 heavy (non-hydrogen) atoms. The molecule has 0 spiro atoms. The number of methoxy groups -OCH3 is 1. The van der Waals surface area contributed by atoms with Crippen LogP contribution in [0.4, 0.5) is 0 Å². The van der Waals surface area contributed by atoms with Crippen LogP contribution in [0.1, 0.15) is 16.8 Å². The number of amides is 1. The number of hydrogen-bond donors (Lipinski definition) is 3. The first kappa shape index (κ1) is 15.5. The second kappa shape index (κ2) is 7.10. The van der Waals surface area contributed by atoms with Crippen molar-refractivity contribution < 1.29 is 24.5 Å². The van der Waals surface area contributed by atoms with Gasteiger partial charge < -0.3 is 20.3 Å². The summed E-state index contributed by atoms with van der Waals surface area (Å²) in [6, 6.07) is 4.94. The number of aliphatic carboxylic acids is 1. The average Bonchev–Trinajstić information content (AvgIpc) is 2.37. The molecule has 0 aromatic heterocycles. The molecule has 0 radical (unpaired) electrons. The summed E-state index contributed by atoms with van der Waals surface area (Å²) in [4.78, 5) is 22.2. The molecule has 1 rings (SSSR count). The van der Waals surface area contributed by atoms with Crippen molar-refractivity contribution in [3.63, 3.8) is 0 Å². The molecule has 0 aliphatic carbocycles. The minimum absolute atomic E-state index is 0.0556. The predicted molar refractivity (Wildman–Crippen MR) is 71.3 cm³/mol. The maximum atomic E-state index is 11.9. The molecule has 0 fully saturated rings. The summed E-state index contributed by atoms with van der Waals surface area (Å²) in [6.07, 6.45) is -1.54. The minimum Gasteiger partial charge on any atom is -0.496 e. The molecule has 104 valence electrons. The molecule has 1 aromatic carbocycles. The quantitative estimate of drug-likeness (QED) is 0.723. The summed E-state index contributed by atoms with van der Waals surface area (Å²) in [5.74, 6) is -1.29. The molecule has 3 N–H and O–H groups in total. The van der Waals surface area contributed by atoms with Crippen LogP contribution >= 0.6 is 15.9 Å². The van der Waals surface area contributed by atoms with Crippen molar-refractivity contribution in [2.24, 2.45) is 0 Å². The molecule has 0 heterocycles. The van der Waals surface area contributed by atoms with E-state index in [1.165, 1.54) is 7.11 Å². The van der Waals surface area contributed by atoms with Crippen molar-refractivity contribution in [3.8, 4) is 5.75 Å². The van der Waals surface area contributed by atoms with Crippen LogP contribution in [0.5, 0.6) is 5.75 Å². The number of nitrogens with one attached hydrogen (secondary N) is 1. The lowest BCUT2D eigenvalue weighted by atomic mass is 10.2. The average molecular weight is 332 g/mol. The first-order chi connectivity index (χ1) is 8.95. The Labute approximate surface area is 118 Å². The van der Waals surface area contributed by atoms with Crippen LogP contribution in [0, 0.1) is 0 Å². The third kappa shape index (κ3) is 4.53. The molecule has 1 amide bonds. The highest BCUT2D eigenvalue weighted by Gasteiger charge is 2.15. The smallest absolute Gasteiger partial charge is 0.332 e. The van der Waals surface area contributed by atoms with Gasteiger partial charge in [-0.25, -0.2) is 4.79 Å². The van der Waals surface area contributed by atoms with Crippen molar-refractivity contribution in [1.82, 2.24) is 5.32 Å². The predicted octanol–water partition coefficient (Wildman–Crippen LogP) is 1.02. The Morgan fingerprint density at radius 2 is 2.16 bits per heavy atom. The molecule has 7 heteroatoms. The number of aliphatic hydroxyl groups is 1. The Hall–Kier alpha value is -1.60. The van der Waals surface area contributed by atoms with E-state index in [-0.39, 0.29) is 18.9 Å². The van der Waals surface area contributed by atoms with Crippen molar-refractivity contribution >= 4 is 27.8 Å². The van der Waals surface area contributed by atoms with Gasteiger partial charge in [-0.3, -0.25) is 4.79 Å². The van der Waals surface area contributed by atoms with Crippen LogP contribution in [0.3, 0.4) is 0 Å². The van der Waals surface area contributed by atoms with Crippen molar-refractivity contribution in [3.05, 3.63) is 28.2 Å². The van der Waals surface area contributed by atoms with Crippen LogP contribution in [-0.2, 0) is 4.79 Å². The second-order valence-electron chi connectivity index (χ2n) is 3.74. The highest BCUT2D eigenvalue weighted by Crippen LogP contribution is 2.23. The summed E-state index contributed by atoms with van der Waals surface area (Å²) in [5.41, 5.74) is 0.343. The van der Waals surface area contributed by atoms with Gasteiger partial charge in [0, 0.05) is 17.4 Å². The van der Waals surface area contributed by atoms with E-state index in [2.05, 4.69) is 21.2 Å². The highest BCUT2D eigenvalue weighted by atomic mass is 79.9. The zero-order chi connectivity index (χ0) is 14.4. The second-order valence-corrected chi connectivity index (χ2v) is 4.66. The van der Waals surface area contributed by atoms with E-state index in [0.29, 0.717) is 11.3 Å². The normalized spacial score (nSPS) is 11.7. The topological polar surface area (TPSA) is 95.9 Å². The van der Waals surface area contributed by atoms with E-state index in [1.54, 1.807) is 18.2 Å². The Morgan fingerprint density at radius 3 is 2.74 bits per heavy atom. The first-order valence-corrected chi connectivity index (χ1v) is 6.27. The monoisotopic (exact) mass is 331 g/mol. The molecule has 0 saturated heterocycles. The Bertz CT molecular complexity index is 477. The van der Waals surface area contributed by atoms with Crippen LogP contribution in [-0.4, -0.2) is 41.8 Å². The number of aliphatic hydroxyl groups excluding tert-OH is 1. The molecule has 0 saturated carbocycles. The van der Waals surface area contributed by atoms with Crippen molar-refractivity contribution in [2.75, 3.05) is 13.7 Å². The Balaban J connectivity index is 2.61. The van der Waals surface area contributed by atoms with Gasteiger partial charge in [-0.05, 0) is 18.2 Å². The zero-order valence-electron chi connectivity index (χ0n) is 10.2. The molecular formula is C12H14BrNO5. The number of carbonyl (C=O) groups is 2. The molecule has 6 nitrogen and oxygen atoms in total. The van der Waals surface area contributed by atoms with E-state index >= 15 is 0 Å². The van der Waals surface area contributed by atoms with E-state index in [1.807, 2.05) is 0 Å². The summed E-state index contributed by atoms with van der Waals surface area (Å²) in [5, 5.41) is 20.1. The number of halogens is 1. The van der Waals surface area contributed by atoms with Gasteiger partial charge in [-0.1, -0.05) is 15.9 Å². The first-order valence-electron chi connectivity index (χ1n) is 5.48. The number of carboxylic acids is 1. The number of carboxylic acid groups (broad SMARTS) is 1. The van der Waals surface area contributed by atoms with Gasteiger partial charge >= 0.3 is 5.97 Å². The maximum absolute atomic E-state index is 11.9. The van der Waals surface area contributed by atoms with Crippen LogP contribution in [0.25, 0.3) is 0 Å². The fourth-order valence-corrected chi connectivity index (χ4v) is 1.73. The van der Waals surface area contributed by atoms with Gasteiger partial charge in [0.05, 0.1) is 12.7 Å². The fraction of sp³-hybridized carbons (Fsp3) is 0.333. The van der Waals surface area contributed by atoms with Gasteiger partial charge in [-0.15, -0.1) is 0 Å². The summed E-state index contributed by atoms with van der Waals surface area (Å²) in [7, 11) is 1.45. The molecular weight excluding hydrogens is 318 g/mol. The standard InChI is InChI=1S/C12H14BrNO5/c1-19-10-6-7(13)2-3-8(10)11(16)14-5-4-9(15)12(17)18/h2-3,6,9,15H,4-5H2,1H3,(H,14,16)(H,17,18)/t9-/m0/s1. The number of rotatable bonds is 6. The number of hydrogen-bond acceptors (Lipinski definition) is 4. The van der Waals surface area contributed by atoms with E-state index in [4.69, 9.17) is 14.9 Å². The number of benzene rings is 1. The number of carbonyl (C=O) groups excluding carboxylic acids is 1. The number of ether oxygens (including phenoxy) is 1. The van der Waals surface area contributed by atoms with Gasteiger partial charge in [0.2, 0.25) is 0 Å². The van der Waals surface area contributed by atoms with Gasteiger partial charge in [0.1, 0.15) is 5.75 Å². The maximum Gasteiger partial charge on any atom is 0.332 e. The lowest BCUT2D eigenvalue weighted by Gasteiger charge is -2.10. The Kier molecular flexibility index (Phi) is 5.78. The van der Waals surface area contributed by atoms with Crippen molar-refractivity contribution in [2.45, 2.75) is 12.5 Å². The lowest BCUT2D eigenvalue weighted by molar-refractivity contribution is -0.146. The third-order valence-electron chi connectivity index (χ3n) is 2.40. The molecule has 0 aliphatic heterocycles. The SMILES string of the molecule is COc1cc(Br)ccc1C(=O)NCC[C@H](O)C(=O)O. The van der Waals surface area contributed by atoms with Gasteiger partial charge in [-0.2, -0.15) is 0 Å². The summed E-state index contributed by atoms with van der Waals surface area (Å²) in [6.45, 7) is 0.0610. The summed E-state index contributed by atoms with van der Waals surface area (Å²) >= 11 is 3.26. The van der Waals surface area contributed by atoms with Crippen LogP contribution in [0.15, 0.2) is 22.7 Å². The lowest BCUT2D eigenvalue weighted by Crippen LogP contribution is -2.30. The van der Waals surface area contributed by atoms with E-state index in [0.717, 1.165) is 4.47 Å². The molecule has 0 bridgehead atoms. The molecule has 0 aliphatic rings. The molecule has 1 aromatic rings. The largest absolute Gasteiger partial charge is 0.496 e. The van der Waals surface area contributed by atoms with Gasteiger partial charge in [0.15, 0.2) is 6.10 Å². The zero-order valence-corrected chi connectivity index (χ0v) is 11.8. The summed E-state index contributed by atoms with van der Waals surface area (Å²) < 4.78 is 5.86. The molecule has 0 unspecified atom stereocenters.